The first-order chi connectivity index (χ1) is 15.8. The topological polar surface area (TPSA) is 41.6 Å². The van der Waals surface area contributed by atoms with Crippen LogP contribution in [0.15, 0.2) is 42.5 Å². The normalized spacial score (nSPS) is 27.8. The molecular weight excluding hydrogens is 408 g/mol. The summed E-state index contributed by atoms with van der Waals surface area (Å²) in [4.78, 5) is 15.4. The summed E-state index contributed by atoms with van der Waals surface area (Å²) in [7, 11) is 0. The lowest BCUT2D eigenvalue weighted by Crippen LogP contribution is -2.53. The zero-order chi connectivity index (χ0) is 23.2. The number of benzene rings is 2. The van der Waals surface area contributed by atoms with E-state index in [9.17, 15) is 4.79 Å². The summed E-state index contributed by atoms with van der Waals surface area (Å²) >= 11 is 0. The number of amides is 1. The van der Waals surface area contributed by atoms with Gasteiger partial charge in [-0.25, -0.2) is 4.79 Å². The second-order valence-electron chi connectivity index (χ2n) is 11.3. The molecule has 3 fully saturated rings. The van der Waals surface area contributed by atoms with Crippen molar-refractivity contribution in [2.45, 2.75) is 71.4 Å². The zero-order valence-electron chi connectivity index (χ0n) is 20.6. The fraction of sp³-hybridized carbons (Fsp3) is 0.552. The van der Waals surface area contributed by atoms with E-state index in [1.165, 1.54) is 27.8 Å². The van der Waals surface area contributed by atoms with Gasteiger partial charge in [-0.05, 0) is 83.8 Å². The van der Waals surface area contributed by atoms with Crippen LogP contribution < -0.4 is 5.32 Å². The van der Waals surface area contributed by atoms with Crippen LogP contribution in [0, 0.1) is 11.3 Å². The van der Waals surface area contributed by atoms with Gasteiger partial charge < -0.3 is 10.1 Å². The molecule has 3 saturated heterocycles. The van der Waals surface area contributed by atoms with Gasteiger partial charge in [0.15, 0.2) is 0 Å². The Kier molecular flexibility index (Phi) is 5.98. The van der Waals surface area contributed by atoms with Gasteiger partial charge in [0.2, 0.25) is 0 Å². The number of piperidine rings is 3. The Hall–Kier alpha value is -2.33. The fourth-order valence-corrected chi connectivity index (χ4v) is 5.99. The molecule has 33 heavy (non-hydrogen) atoms. The fourth-order valence-electron chi connectivity index (χ4n) is 5.99. The van der Waals surface area contributed by atoms with Crippen LogP contribution in [0.1, 0.15) is 75.6 Å². The average molecular weight is 447 g/mol. The third-order valence-electron chi connectivity index (χ3n) is 8.28. The minimum atomic E-state index is -0.256. The number of hydrogen-bond donors (Lipinski definition) is 1. The average Bonchev–Trinajstić information content (AvgIpc) is 2.81. The number of carbonyl (C=O) groups excluding carboxylic acids is 1. The summed E-state index contributed by atoms with van der Waals surface area (Å²) in [6, 6.07) is 15.6. The van der Waals surface area contributed by atoms with Crippen molar-refractivity contribution in [2.24, 2.45) is 11.3 Å². The molecule has 6 rings (SSSR count). The second kappa shape index (κ2) is 8.79. The van der Waals surface area contributed by atoms with Gasteiger partial charge in [0.05, 0.1) is 6.04 Å². The molecule has 3 heterocycles. The number of nitrogens with one attached hydrogen (secondary N) is 1. The van der Waals surface area contributed by atoms with E-state index < -0.39 is 0 Å². The lowest BCUT2D eigenvalue weighted by molar-refractivity contribution is -0.0353. The van der Waals surface area contributed by atoms with Crippen molar-refractivity contribution in [2.75, 3.05) is 19.6 Å². The van der Waals surface area contributed by atoms with E-state index in [1.54, 1.807) is 0 Å². The molecule has 1 amide bonds. The molecule has 0 spiro atoms. The van der Waals surface area contributed by atoms with Gasteiger partial charge in [-0.3, -0.25) is 4.90 Å². The molecule has 2 atom stereocenters. The summed E-state index contributed by atoms with van der Waals surface area (Å²) in [6.07, 6.45) is 4.16. The molecule has 176 valence electrons. The quantitative estimate of drug-likeness (QED) is 0.598. The number of nitrogens with zero attached hydrogens (tertiary/aromatic N) is 1. The Morgan fingerprint density at radius 1 is 1.09 bits per heavy atom. The molecule has 2 aromatic carbocycles. The van der Waals surface area contributed by atoms with E-state index in [1.807, 2.05) is 0 Å². The molecule has 0 unspecified atom stereocenters. The van der Waals surface area contributed by atoms with Gasteiger partial charge in [-0.2, -0.15) is 0 Å². The molecule has 2 aromatic rings. The van der Waals surface area contributed by atoms with Crippen molar-refractivity contribution in [1.29, 1.82) is 0 Å². The highest BCUT2D eigenvalue weighted by molar-refractivity contribution is 5.70. The summed E-state index contributed by atoms with van der Waals surface area (Å²) in [6.45, 7) is 12.2. The molecule has 1 aliphatic carbocycles. The standard InChI is InChI=1S/C29H38N2O2/c1-19(2)21-6-5-7-22(16-21)23-8-9-25-24(17-23)10-13-29(3,4)27(25)30-28(32)33-26-18-31-14-11-20(26)12-15-31/h5-9,16-17,19-20,26-27H,10-15,18H2,1-4H3,(H,30,32)/t26-,27-/m0/s1. The van der Waals surface area contributed by atoms with Crippen LogP contribution in [0.3, 0.4) is 0 Å². The first-order valence-corrected chi connectivity index (χ1v) is 12.7. The highest BCUT2D eigenvalue weighted by Gasteiger charge is 2.40. The zero-order valence-corrected chi connectivity index (χ0v) is 20.6. The number of hydrogen-bond acceptors (Lipinski definition) is 3. The molecule has 0 radical (unpaired) electrons. The van der Waals surface area contributed by atoms with Crippen LogP contribution in [0.4, 0.5) is 4.79 Å². The van der Waals surface area contributed by atoms with Gasteiger partial charge in [0.25, 0.3) is 0 Å². The monoisotopic (exact) mass is 446 g/mol. The molecule has 0 saturated carbocycles. The third-order valence-corrected chi connectivity index (χ3v) is 8.28. The van der Waals surface area contributed by atoms with Gasteiger partial charge in [-0.15, -0.1) is 0 Å². The van der Waals surface area contributed by atoms with E-state index in [-0.39, 0.29) is 23.7 Å². The van der Waals surface area contributed by atoms with E-state index >= 15 is 0 Å². The summed E-state index contributed by atoms with van der Waals surface area (Å²) in [5.41, 5.74) is 6.45. The molecule has 2 bridgehead atoms. The van der Waals surface area contributed by atoms with Crippen LogP contribution in [-0.2, 0) is 11.2 Å². The van der Waals surface area contributed by atoms with Crippen molar-refractivity contribution in [1.82, 2.24) is 10.2 Å². The van der Waals surface area contributed by atoms with Gasteiger partial charge in [0.1, 0.15) is 6.10 Å². The molecule has 1 N–H and O–H groups in total. The van der Waals surface area contributed by atoms with Crippen molar-refractivity contribution >= 4 is 6.09 Å². The third kappa shape index (κ3) is 4.55. The van der Waals surface area contributed by atoms with Crippen LogP contribution in [0.25, 0.3) is 11.1 Å². The smallest absolute Gasteiger partial charge is 0.407 e. The lowest BCUT2D eigenvalue weighted by Gasteiger charge is -2.44. The molecule has 3 aliphatic heterocycles. The van der Waals surface area contributed by atoms with Crippen LogP contribution in [0.2, 0.25) is 0 Å². The Morgan fingerprint density at radius 3 is 2.55 bits per heavy atom. The Balaban J connectivity index is 1.35. The van der Waals surface area contributed by atoms with Crippen molar-refractivity contribution in [3.63, 3.8) is 0 Å². The predicted octanol–water partition coefficient (Wildman–Crippen LogP) is 6.31. The van der Waals surface area contributed by atoms with Gasteiger partial charge in [-0.1, -0.05) is 70.2 Å². The van der Waals surface area contributed by atoms with E-state index in [4.69, 9.17) is 4.74 Å². The number of alkyl carbamates (subject to hydrolysis) is 1. The first-order valence-electron chi connectivity index (χ1n) is 12.7. The van der Waals surface area contributed by atoms with Crippen molar-refractivity contribution in [3.05, 3.63) is 59.2 Å². The Bertz CT molecular complexity index is 1020. The highest BCUT2D eigenvalue weighted by atomic mass is 16.6. The maximum Gasteiger partial charge on any atom is 0.407 e. The van der Waals surface area contributed by atoms with Crippen molar-refractivity contribution in [3.8, 4) is 11.1 Å². The lowest BCUT2D eigenvalue weighted by atomic mass is 9.70. The Morgan fingerprint density at radius 2 is 1.85 bits per heavy atom. The predicted molar refractivity (Wildman–Crippen MR) is 133 cm³/mol. The highest BCUT2D eigenvalue weighted by Crippen LogP contribution is 2.44. The van der Waals surface area contributed by atoms with E-state index in [2.05, 4.69) is 80.4 Å². The SMILES string of the molecule is CC(C)c1cccc(-c2ccc3c(c2)CCC(C)(C)[C@H]3NC(=O)O[C@H]2CN3CCC2CC3)c1. The van der Waals surface area contributed by atoms with E-state index in [0.717, 1.165) is 45.3 Å². The largest absolute Gasteiger partial charge is 0.445 e. The maximum atomic E-state index is 13.0. The summed E-state index contributed by atoms with van der Waals surface area (Å²) in [5.74, 6) is 1.04. The Labute approximate surface area is 198 Å². The molecule has 4 aliphatic rings. The molecular formula is C29H38N2O2. The number of ether oxygens (including phenoxy) is 1. The van der Waals surface area contributed by atoms with Gasteiger partial charge in [0, 0.05) is 6.54 Å². The van der Waals surface area contributed by atoms with Crippen LogP contribution in [-0.4, -0.2) is 36.7 Å². The first kappa shape index (κ1) is 22.5. The van der Waals surface area contributed by atoms with Crippen LogP contribution in [0.5, 0.6) is 0 Å². The summed E-state index contributed by atoms with van der Waals surface area (Å²) < 4.78 is 5.97. The minimum Gasteiger partial charge on any atom is -0.445 e. The number of carbonyl (C=O) groups is 1. The van der Waals surface area contributed by atoms with Crippen molar-refractivity contribution < 1.29 is 9.53 Å². The minimum absolute atomic E-state index is 0.0137. The van der Waals surface area contributed by atoms with Gasteiger partial charge >= 0.3 is 6.09 Å². The molecule has 0 aromatic heterocycles. The molecule has 4 nitrogen and oxygen atoms in total. The second-order valence-corrected chi connectivity index (χ2v) is 11.3. The number of fused-ring (bicyclic) bond motifs is 4. The maximum absolute atomic E-state index is 13.0. The van der Waals surface area contributed by atoms with E-state index in [0.29, 0.717) is 11.8 Å². The number of rotatable bonds is 4. The van der Waals surface area contributed by atoms with Crippen LogP contribution >= 0.6 is 0 Å². The molecule has 4 heteroatoms. The summed E-state index contributed by atoms with van der Waals surface area (Å²) in [5, 5.41) is 3.28. The number of aryl methyl sites for hydroxylation is 1.